The van der Waals surface area contributed by atoms with E-state index in [1.54, 1.807) is 31.9 Å². The fourth-order valence-corrected chi connectivity index (χ4v) is 4.63. The van der Waals surface area contributed by atoms with Crippen LogP contribution >= 0.6 is 11.8 Å². The number of carbonyl (C=O) groups excluding carboxylic acids is 1. The van der Waals surface area contributed by atoms with Crippen molar-refractivity contribution in [3.05, 3.63) is 64.8 Å². The number of alkyl halides is 3. The predicted molar refractivity (Wildman–Crippen MR) is 117 cm³/mol. The van der Waals surface area contributed by atoms with Gasteiger partial charge in [0.2, 0.25) is 0 Å². The highest BCUT2D eigenvalue weighted by atomic mass is 32.2. The topological polar surface area (TPSA) is 51.3 Å². The van der Waals surface area contributed by atoms with Crippen molar-refractivity contribution in [2.45, 2.75) is 37.4 Å². The molecule has 4 nitrogen and oxygen atoms in total. The number of carbonyl (C=O) groups is 1. The molecule has 0 aliphatic heterocycles. The first-order valence-electron chi connectivity index (χ1n) is 9.85. The molecule has 3 rings (SSSR count). The molecule has 0 radical (unpaired) electrons. The molecule has 0 spiro atoms. The molecule has 1 aromatic heterocycles. The number of rotatable bonds is 7. The molecule has 0 bridgehead atoms. The van der Waals surface area contributed by atoms with Gasteiger partial charge in [0.05, 0.1) is 24.5 Å². The lowest BCUT2D eigenvalue weighted by Gasteiger charge is -2.21. The summed E-state index contributed by atoms with van der Waals surface area (Å²) < 4.78 is 49.8. The highest BCUT2D eigenvalue weighted by Crippen LogP contribution is 2.44. The molecule has 0 unspecified atom stereocenters. The van der Waals surface area contributed by atoms with Crippen LogP contribution in [0.3, 0.4) is 0 Å². The van der Waals surface area contributed by atoms with Crippen LogP contribution in [0.25, 0.3) is 10.9 Å². The van der Waals surface area contributed by atoms with Gasteiger partial charge in [-0.2, -0.15) is 13.2 Å². The van der Waals surface area contributed by atoms with Gasteiger partial charge < -0.3 is 14.5 Å². The van der Waals surface area contributed by atoms with E-state index in [4.69, 9.17) is 9.47 Å². The largest absolute Gasteiger partial charge is 0.497 e. The van der Waals surface area contributed by atoms with Gasteiger partial charge in [-0.3, -0.25) is 0 Å². The summed E-state index contributed by atoms with van der Waals surface area (Å²) in [5.74, 6) is 0.109. The molecule has 0 aliphatic carbocycles. The van der Waals surface area contributed by atoms with Gasteiger partial charge in [-0.05, 0) is 48.1 Å². The zero-order valence-corrected chi connectivity index (χ0v) is 18.5. The van der Waals surface area contributed by atoms with Crippen molar-refractivity contribution in [3.63, 3.8) is 0 Å². The number of ether oxygens (including phenoxy) is 2. The van der Waals surface area contributed by atoms with Crippen molar-refractivity contribution in [2.24, 2.45) is 0 Å². The van der Waals surface area contributed by atoms with Crippen molar-refractivity contribution in [3.8, 4) is 5.75 Å². The second kappa shape index (κ2) is 9.26. The second-order valence-corrected chi connectivity index (χ2v) is 8.92. The number of thioether (sulfide) groups is 1. The second-order valence-electron chi connectivity index (χ2n) is 7.23. The first kappa shape index (κ1) is 23.1. The van der Waals surface area contributed by atoms with Gasteiger partial charge in [0.15, 0.2) is 0 Å². The lowest BCUT2D eigenvalue weighted by Crippen LogP contribution is -2.11. The monoisotopic (exact) mass is 451 g/mol. The van der Waals surface area contributed by atoms with Gasteiger partial charge in [-0.1, -0.05) is 26.0 Å². The Labute approximate surface area is 183 Å². The van der Waals surface area contributed by atoms with Gasteiger partial charge >= 0.3 is 12.1 Å². The van der Waals surface area contributed by atoms with E-state index in [1.165, 1.54) is 12.1 Å². The maximum Gasteiger partial charge on any atom is 0.416 e. The van der Waals surface area contributed by atoms with Gasteiger partial charge in [-0.25, -0.2) is 4.79 Å². The number of nitrogens with one attached hydrogen (secondary N) is 1. The van der Waals surface area contributed by atoms with E-state index >= 15 is 0 Å². The fraction of sp³-hybridized carbons (Fsp3) is 0.348. The Morgan fingerprint density at radius 2 is 1.81 bits per heavy atom. The Hall–Kier alpha value is -2.61. The number of fused-ring (bicyclic) bond motifs is 1. The first-order chi connectivity index (χ1) is 14.7. The Morgan fingerprint density at radius 3 is 2.35 bits per heavy atom. The van der Waals surface area contributed by atoms with Crippen molar-refractivity contribution < 1.29 is 27.4 Å². The first-order valence-corrected chi connectivity index (χ1v) is 10.8. The molecule has 166 valence electrons. The molecule has 0 amide bonds. The van der Waals surface area contributed by atoms with Crippen LogP contribution in [0.15, 0.2) is 42.5 Å². The number of benzene rings is 2. The number of hydrogen-bond acceptors (Lipinski definition) is 4. The Kier molecular flexibility index (Phi) is 6.89. The molecular formula is C23H24F3NO3S. The number of halogens is 3. The van der Waals surface area contributed by atoms with Gasteiger partial charge in [0.25, 0.3) is 0 Å². The van der Waals surface area contributed by atoms with Crippen molar-refractivity contribution >= 4 is 28.6 Å². The number of methoxy groups -OCH3 is 1. The van der Waals surface area contributed by atoms with E-state index in [0.717, 1.165) is 23.0 Å². The summed E-state index contributed by atoms with van der Waals surface area (Å²) >= 11 is 1.55. The van der Waals surface area contributed by atoms with Crippen LogP contribution in [-0.2, 0) is 10.9 Å². The van der Waals surface area contributed by atoms with E-state index in [9.17, 15) is 18.0 Å². The maximum absolute atomic E-state index is 13.1. The molecule has 31 heavy (non-hydrogen) atoms. The predicted octanol–water partition coefficient (Wildman–Crippen LogP) is 6.60. The minimum atomic E-state index is -4.41. The van der Waals surface area contributed by atoms with E-state index < -0.39 is 17.7 Å². The number of H-pyrrole nitrogens is 1. The van der Waals surface area contributed by atoms with Gasteiger partial charge in [0, 0.05) is 16.5 Å². The zero-order chi connectivity index (χ0) is 22.8. The fourth-order valence-electron chi connectivity index (χ4n) is 3.39. The van der Waals surface area contributed by atoms with Crippen molar-refractivity contribution in [1.29, 1.82) is 0 Å². The van der Waals surface area contributed by atoms with E-state index in [-0.39, 0.29) is 17.1 Å². The molecule has 8 heteroatoms. The van der Waals surface area contributed by atoms with Gasteiger partial charge in [0.1, 0.15) is 11.4 Å². The number of aromatic amines is 1. The summed E-state index contributed by atoms with van der Waals surface area (Å²) in [5, 5.41) is 0.529. The summed E-state index contributed by atoms with van der Waals surface area (Å²) in [7, 11) is 1.55. The van der Waals surface area contributed by atoms with Crippen LogP contribution in [0.2, 0.25) is 0 Å². The van der Waals surface area contributed by atoms with E-state index in [1.807, 2.05) is 26.0 Å². The van der Waals surface area contributed by atoms with E-state index in [0.29, 0.717) is 22.6 Å². The third-order valence-electron chi connectivity index (χ3n) is 4.74. The lowest BCUT2D eigenvalue weighted by atomic mass is 9.99. The van der Waals surface area contributed by atoms with Crippen LogP contribution in [0, 0.1) is 0 Å². The number of esters is 1. The smallest absolute Gasteiger partial charge is 0.416 e. The molecule has 0 aliphatic rings. The maximum atomic E-state index is 13.1. The number of hydrogen-bond donors (Lipinski definition) is 1. The molecular weight excluding hydrogens is 427 g/mol. The Bertz CT molecular complexity index is 1060. The van der Waals surface area contributed by atoms with E-state index in [2.05, 4.69) is 4.98 Å². The number of aromatic nitrogens is 1. The summed E-state index contributed by atoms with van der Waals surface area (Å²) in [6, 6.07) is 10.5. The summed E-state index contributed by atoms with van der Waals surface area (Å²) in [5.41, 5.74) is 1.64. The highest BCUT2D eigenvalue weighted by Gasteiger charge is 2.32. The zero-order valence-electron chi connectivity index (χ0n) is 17.7. The Balaban J connectivity index is 2.23. The summed E-state index contributed by atoms with van der Waals surface area (Å²) in [6.45, 7) is 5.93. The molecule has 1 N–H and O–H groups in total. The van der Waals surface area contributed by atoms with Crippen LogP contribution in [-0.4, -0.2) is 29.9 Å². The third kappa shape index (κ3) is 5.01. The normalized spacial score (nSPS) is 12.9. The average molecular weight is 452 g/mol. The quantitative estimate of drug-likeness (QED) is 0.411. The van der Waals surface area contributed by atoms with Gasteiger partial charge in [-0.15, -0.1) is 11.8 Å². The van der Waals surface area contributed by atoms with Crippen LogP contribution < -0.4 is 4.74 Å². The third-order valence-corrected chi connectivity index (χ3v) is 6.06. The van der Waals surface area contributed by atoms with Crippen molar-refractivity contribution in [2.75, 3.05) is 13.7 Å². The van der Waals surface area contributed by atoms with Crippen LogP contribution in [0.4, 0.5) is 13.2 Å². The Morgan fingerprint density at radius 1 is 1.13 bits per heavy atom. The highest BCUT2D eigenvalue weighted by molar-refractivity contribution is 8.00. The summed E-state index contributed by atoms with van der Waals surface area (Å²) in [6.07, 6.45) is -4.41. The molecule has 0 saturated heterocycles. The molecule has 0 fully saturated rings. The standard InChI is InChI=1S/C23H24F3NO3S/c1-5-30-22(28)20-19(17-12-16(29-4)10-11-18(17)27-20)21(31-13(2)3)14-6-8-15(9-7-14)23(24,25)26/h6-13,21,27H,5H2,1-4H3/t21-/m0/s1. The molecule has 1 heterocycles. The van der Waals surface area contributed by atoms with Crippen LogP contribution in [0.5, 0.6) is 5.75 Å². The van der Waals surface area contributed by atoms with Crippen LogP contribution in [0.1, 0.15) is 53.2 Å². The lowest BCUT2D eigenvalue weighted by molar-refractivity contribution is -0.137. The molecule has 1 atom stereocenters. The summed E-state index contributed by atoms with van der Waals surface area (Å²) in [4.78, 5) is 15.9. The van der Waals surface area contributed by atoms with Crippen molar-refractivity contribution in [1.82, 2.24) is 4.98 Å². The molecule has 2 aromatic carbocycles. The SMILES string of the molecule is CCOC(=O)c1[nH]c2ccc(OC)cc2c1[C@@H](SC(C)C)c1ccc(C(F)(F)F)cc1. The molecule has 0 saturated carbocycles. The minimum Gasteiger partial charge on any atom is -0.497 e. The minimum absolute atomic E-state index is 0.151. The average Bonchev–Trinajstić information content (AvgIpc) is 3.10. The molecule has 3 aromatic rings.